The van der Waals surface area contributed by atoms with Crippen LogP contribution in [0.15, 0.2) is 16.7 Å². The third kappa shape index (κ3) is 2.90. The van der Waals surface area contributed by atoms with E-state index >= 15 is 0 Å². The van der Waals surface area contributed by atoms with Gasteiger partial charge in [-0.3, -0.25) is 0 Å². The Morgan fingerprint density at radius 3 is 2.63 bits per heavy atom. The number of aliphatic hydroxyl groups excluding tert-OH is 4. The molecule has 1 aromatic heterocycles. The number of rotatable bonds is 5. The maximum absolute atomic E-state index is 9.84. The van der Waals surface area contributed by atoms with Gasteiger partial charge in [0.2, 0.25) is 0 Å². The smallest absolute Gasteiger partial charge is 0.144 e. The fourth-order valence-corrected chi connectivity index (χ4v) is 2.04. The van der Waals surface area contributed by atoms with E-state index < -0.39 is 24.4 Å². The van der Waals surface area contributed by atoms with Gasteiger partial charge in [0.25, 0.3) is 0 Å². The average molecular weight is 273 g/mol. The molecule has 0 aliphatic carbocycles. The molecular weight excluding hydrogens is 254 g/mol. The van der Waals surface area contributed by atoms with Crippen molar-refractivity contribution in [2.45, 2.75) is 37.4 Å². The van der Waals surface area contributed by atoms with Crippen LogP contribution in [0.25, 0.3) is 0 Å². The Kier molecular flexibility index (Phi) is 4.43. The molecule has 7 nitrogen and oxygen atoms in total. The van der Waals surface area contributed by atoms with Gasteiger partial charge in [0.05, 0.1) is 18.9 Å². The first-order valence-corrected chi connectivity index (χ1v) is 6.15. The Balaban J connectivity index is 2.06. The largest absolute Gasteiger partial charge is 0.464 e. The van der Waals surface area contributed by atoms with Crippen LogP contribution in [0.2, 0.25) is 0 Å². The molecule has 0 saturated carbocycles. The molecule has 0 radical (unpaired) electrons. The van der Waals surface area contributed by atoms with Crippen LogP contribution in [0.5, 0.6) is 0 Å². The van der Waals surface area contributed by atoms with Crippen LogP contribution in [0.1, 0.15) is 18.8 Å². The molecule has 0 amide bonds. The van der Waals surface area contributed by atoms with Crippen molar-refractivity contribution in [3.05, 3.63) is 18.1 Å². The summed E-state index contributed by atoms with van der Waals surface area (Å²) in [6.45, 7) is 1.41. The predicted octanol–water partition coefficient (Wildman–Crippen LogP) is -0.774. The number of ether oxygens (including phenoxy) is 1. The fourth-order valence-electron chi connectivity index (χ4n) is 2.04. The summed E-state index contributed by atoms with van der Waals surface area (Å²) in [5.41, 5.74) is 0.647. The molecule has 1 saturated heterocycles. The lowest BCUT2D eigenvalue weighted by Crippen LogP contribution is -2.32. The van der Waals surface area contributed by atoms with Crippen molar-refractivity contribution in [1.29, 1.82) is 0 Å². The van der Waals surface area contributed by atoms with Gasteiger partial charge in [0.15, 0.2) is 0 Å². The molecule has 108 valence electrons. The predicted molar refractivity (Wildman–Crippen MR) is 65.6 cm³/mol. The maximum atomic E-state index is 9.84. The summed E-state index contributed by atoms with van der Waals surface area (Å²) < 4.78 is 10.6. The molecule has 7 heteroatoms. The Labute approximate surface area is 110 Å². The summed E-state index contributed by atoms with van der Waals surface area (Å²) in [5, 5.41) is 40.4. The first kappa shape index (κ1) is 14.3. The van der Waals surface area contributed by atoms with Crippen molar-refractivity contribution in [2.75, 3.05) is 18.5 Å². The topological polar surface area (TPSA) is 115 Å². The van der Waals surface area contributed by atoms with Crippen molar-refractivity contribution < 1.29 is 29.6 Å². The zero-order chi connectivity index (χ0) is 14.0. The summed E-state index contributed by atoms with van der Waals surface area (Å²) in [6.07, 6.45) is -2.49. The van der Waals surface area contributed by atoms with Crippen molar-refractivity contribution in [1.82, 2.24) is 0 Å². The Bertz CT molecular complexity index is 409. The second-order valence-corrected chi connectivity index (χ2v) is 4.72. The second-order valence-electron chi connectivity index (χ2n) is 4.72. The van der Waals surface area contributed by atoms with E-state index in [-0.39, 0.29) is 19.3 Å². The van der Waals surface area contributed by atoms with Gasteiger partial charge in [-0.25, -0.2) is 0 Å². The van der Waals surface area contributed by atoms with Crippen LogP contribution < -0.4 is 5.32 Å². The van der Waals surface area contributed by atoms with Gasteiger partial charge in [-0.1, -0.05) is 0 Å². The monoisotopic (exact) mass is 273 g/mol. The van der Waals surface area contributed by atoms with E-state index in [1.807, 2.05) is 0 Å². The Morgan fingerprint density at radius 1 is 1.32 bits per heavy atom. The molecule has 1 fully saturated rings. The molecule has 0 spiro atoms. The molecule has 0 bridgehead atoms. The van der Waals surface area contributed by atoms with E-state index in [0.717, 1.165) is 0 Å². The van der Waals surface area contributed by atoms with E-state index in [1.165, 1.54) is 6.26 Å². The summed E-state index contributed by atoms with van der Waals surface area (Å²) in [4.78, 5) is 0. The maximum Gasteiger partial charge on any atom is 0.144 e. The number of hydrogen-bond donors (Lipinski definition) is 5. The van der Waals surface area contributed by atoms with Crippen LogP contribution in [0.3, 0.4) is 0 Å². The molecule has 2 rings (SSSR count). The lowest BCUT2D eigenvalue weighted by molar-refractivity contribution is -0.0290. The van der Waals surface area contributed by atoms with Crippen molar-refractivity contribution >= 4 is 5.69 Å². The van der Waals surface area contributed by atoms with Crippen molar-refractivity contribution in [2.24, 2.45) is 0 Å². The highest BCUT2D eigenvalue weighted by atomic mass is 16.6. The summed E-state index contributed by atoms with van der Waals surface area (Å²) >= 11 is 0. The van der Waals surface area contributed by atoms with Crippen molar-refractivity contribution in [3.8, 4) is 0 Å². The SMILES string of the molecule is CC(CO)Nc1coc(C2O[C@H](CO)[C@@H](O)[C@H]2O)c1. The lowest BCUT2D eigenvalue weighted by atomic mass is 10.1. The molecule has 1 aliphatic rings. The molecule has 0 aromatic carbocycles. The summed E-state index contributed by atoms with van der Waals surface area (Å²) in [5.74, 6) is 0.357. The highest BCUT2D eigenvalue weighted by Gasteiger charge is 2.44. The minimum Gasteiger partial charge on any atom is -0.464 e. The lowest BCUT2D eigenvalue weighted by Gasteiger charge is -2.11. The van der Waals surface area contributed by atoms with Gasteiger partial charge in [-0.2, -0.15) is 0 Å². The molecule has 2 unspecified atom stereocenters. The number of anilines is 1. The van der Waals surface area contributed by atoms with Crippen LogP contribution in [-0.2, 0) is 4.74 Å². The van der Waals surface area contributed by atoms with Gasteiger partial charge in [-0.15, -0.1) is 0 Å². The van der Waals surface area contributed by atoms with E-state index in [1.54, 1.807) is 13.0 Å². The molecule has 1 aliphatic heterocycles. The van der Waals surface area contributed by atoms with E-state index in [9.17, 15) is 10.2 Å². The van der Waals surface area contributed by atoms with E-state index in [4.69, 9.17) is 19.4 Å². The van der Waals surface area contributed by atoms with Crippen molar-refractivity contribution in [3.63, 3.8) is 0 Å². The third-order valence-corrected chi connectivity index (χ3v) is 3.13. The minimum atomic E-state index is -1.15. The Morgan fingerprint density at radius 2 is 2.05 bits per heavy atom. The van der Waals surface area contributed by atoms with Gasteiger partial charge in [-0.05, 0) is 6.92 Å². The number of nitrogens with one attached hydrogen (secondary N) is 1. The summed E-state index contributed by atoms with van der Waals surface area (Å²) in [6, 6.07) is 1.50. The third-order valence-electron chi connectivity index (χ3n) is 3.13. The van der Waals surface area contributed by atoms with E-state index in [0.29, 0.717) is 11.4 Å². The molecule has 5 N–H and O–H groups in total. The first-order chi connectivity index (χ1) is 9.06. The highest BCUT2D eigenvalue weighted by Crippen LogP contribution is 2.35. The zero-order valence-corrected chi connectivity index (χ0v) is 10.6. The second kappa shape index (κ2) is 5.89. The van der Waals surface area contributed by atoms with Crippen LogP contribution in [0.4, 0.5) is 5.69 Å². The average Bonchev–Trinajstić information content (AvgIpc) is 2.96. The molecule has 1 aromatic rings. The standard InChI is InChI=1S/C12H19NO6/c1-6(3-14)13-7-2-8(18-5-7)12-11(17)10(16)9(4-15)19-12/h2,5-6,9-17H,3-4H2,1H3/t6?,9-,10-,11-,12?/m1/s1. The summed E-state index contributed by atoms with van der Waals surface area (Å²) in [7, 11) is 0. The van der Waals surface area contributed by atoms with Gasteiger partial charge >= 0.3 is 0 Å². The van der Waals surface area contributed by atoms with Gasteiger partial charge < -0.3 is 34.9 Å². The van der Waals surface area contributed by atoms with Crippen LogP contribution in [0, 0.1) is 0 Å². The number of hydrogen-bond acceptors (Lipinski definition) is 7. The van der Waals surface area contributed by atoms with Gasteiger partial charge in [0, 0.05) is 12.1 Å². The fraction of sp³-hybridized carbons (Fsp3) is 0.667. The molecule has 5 atom stereocenters. The molecular formula is C12H19NO6. The number of furan rings is 1. The first-order valence-electron chi connectivity index (χ1n) is 6.15. The normalized spacial score (nSPS) is 32.5. The van der Waals surface area contributed by atoms with Crippen LogP contribution in [-0.4, -0.2) is 58.0 Å². The quantitative estimate of drug-likeness (QED) is 0.478. The molecule has 2 heterocycles. The number of aliphatic hydroxyl groups is 4. The molecule has 19 heavy (non-hydrogen) atoms. The van der Waals surface area contributed by atoms with Gasteiger partial charge in [0.1, 0.15) is 36.4 Å². The van der Waals surface area contributed by atoms with Crippen LogP contribution >= 0.6 is 0 Å². The zero-order valence-electron chi connectivity index (χ0n) is 10.6. The van der Waals surface area contributed by atoms with E-state index in [2.05, 4.69) is 5.32 Å². The Hall–Kier alpha value is -1.12. The highest BCUT2D eigenvalue weighted by molar-refractivity contribution is 5.43. The minimum absolute atomic E-state index is 0.0195.